The summed E-state index contributed by atoms with van der Waals surface area (Å²) < 4.78 is 2.12. The van der Waals surface area contributed by atoms with Gasteiger partial charge in [-0.3, -0.25) is 4.57 Å². The highest BCUT2D eigenvalue weighted by Gasteiger charge is 2.31. The summed E-state index contributed by atoms with van der Waals surface area (Å²) in [4.78, 5) is 0. The van der Waals surface area contributed by atoms with Crippen molar-refractivity contribution in [1.82, 2.24) is 14.8 Å². The Morgan fingerprint density at radius 3 is 2.36 bits per heavy atom. The number of para-hydroxylation sites is 1. The van der Waals surface area contributed by atoms with Crippen molar-refractivity contribution < 1.29 is 0 Å². The van der Waals surface area contributed by atoms with E-state index in [0.29, 0.717) is 12.3 Å². The van der Waals surface area contributed by atoms with E-state index in [1.165, 1.54) is 24.6 Å². The van der Waals surface area contributed by atoms with Crippen molar-refractivity contribution in [3.63, 3.8) is 0 Å². The molecule has 1 aromatic heterocycles. The minimum atomic E-state index is -0.193. The average Bonchev–Trinajstić information content (AvgIpc) is 3.43. The molecule has 2 aromatic carbocycles. The van der Waals surface area contributed by atoms with E-state index in [9.17, 15) is 5.26 Å². The van der Waals surface area contributed by atoms with Gasteiger partial charge in [0.15, 0.2) is 5.16 Å². The molecule has 3 aromatic rings. The molecule has 4 nitrogen and oxygen atoms in total. The fraction of sp³-hybridized carbons (Fsp3) is 0.250. The molecule has 5 heteroatoms. The summed E-state index contributed by atoms with van der Waals surface area (Å²) >= 11 is 1.50. The Morgan fingerprint density at radius 1 is 1.04 bits per heavy atom. The van der Waals surface area contributed by atoms with Crippen molar-refractivity contribution in [1.29, 1.82) is 5.26 Å². The lowest BCUT2D eigenvalue weighted by atomic mass is 10.1. The minimum Gasteiger partial charge on any atom is -0.274 e. The third kappa shape index (κ3) is 3.59. The molecule has 0 saturated heterocycles. The molecule has 0 unspecified atom stereocenters. The quantitative estimate of drug-likeness (QED) is 0.622. The highest BCUT2D eigenvalue weighted by Crippen LogP contribution is 2.41. The number of hydrogen-bond acceptors (Lipinski definition) is 4. The monoisotopic (exact) mass is 346 g/mol. The van der Waals surface area contributed by atoms with E-state index in [2.05, 4.69) is 45.1 Å². The molecule has 1 aliphatic rings. The molecule has 1 aliphatic carbocycles. The van der Waals surface area contributed by atoms with Crippen molar-refractivity contribution >= 4 is 11.8 Å². The van der Waals surface area contributed by atoms with Gasteiger partial charge in [-0.25, -0.2) is 0 Å². The van der Waals surface area contributed by atoms with Crippen LogP contribution in [0.25, 0.3) is 5.69 Å². The number of nitrogens with zero attached hydrogens (tertiary/aromatic N) is 4. The summed E-state index contributed by atoms with van der Waals surface area (Å²) in [6, 6.07) is 22.7. The molecule has 1 fully saturated rings. The zero-order valence-electron chi connectivity index (χ0n) is 13.7. The average molecular weight is 346 g/mol. The summed E-state index contributed by atoms with van der Waals surface area (Å²) in [7, 11) is 0. The van der Waals surface area contributed by atoms with Crippen molar-refractivity contribution in [2.24, 2.45) is 0 Å². The Hall–Kier alpha value is -2.58. The molecule has 0 bridgehead atoms. The fourth-order valence-electron chi connectivity index (χ4n) is 2.85. The van der Waals surface area contributed by atoms with Gasteiger partial charge in [0, 0.05) is 11.6 Å². The Kier molecular flexibility index (Phi) is 4.53. The van der Waals surface area contributed by atoms with Crippen LogP contribution in [0.15, 0.2) is 65.8 Å². The highest BCUT2D eigenvalue weighted by molar-refractivity contribution is 8.00. The van der Waals surface area contributed by atoms with Crippen LogP contribution in [-0.2, 0) is 6.42 Å². The first-order chi connectivity index (χ1) is 12.3. The second-order valence-electron chi connectivity index (χ2n) is 6.21. The van der Waals surface area contributed by atoms with Gasteiger partial charge in [-0.1, -0.05) is 60.3 Å². The molecule has 0 spiro atoms. The number of aromatic nitrogens is 3. The van der Waals surface area contributed by atoms with E-state index in [1.807, 2.05) is 36.4 Å². The maximum Gasteiger partial charge on any atom is 0.197 e. The first-order valence-corrected chi connectivity index (χ1v) is 9.34. The van der Waals surface area contributed by atoms with Crippen molar-refractivity contribution in [2.45, 2.75) is 35.6 Å². The van der Waals surface area contributed by atoms with E-state index in [4.69, 9.17) is 0 Å². The fourth-order valence-corrected chi connectivity index (χ4v) is 3.83. The molecule has 1 saturated carbocycles. The largest absolute Gasteiger partial charge is 0.274 e. The van der Waals surface area contributed by atoms with Crippen LogP contribution in [-0.4, -0.2) is 20.0 Å². The Labute approximate surface area is 151 Å². The van der Waals surface area contributed by atoms with Crippen LogP contribution in [0.2, 0.25) is 0 Å². The molecule has 0 amide bonds. The van der Waals surface area contributed by atoms with E-state index < -0.39 is 0 Å². The Bertz CT molecular complexity index is 879. The van der Waals surface area contributed by atoms with Crippen LogP contribution < -0.4 is 0 Å². The standard InChI is InChI=1S/C20H18N4S/c21-14-18(13-15-7-3-1-4-8-15)25-20-23-22-19(16-11-12-16)24(20)17-9-5-2-6-10-17/h1-10,16,18H,11-13H2/t18-/m1/s1. The normalized spacial score (nSPS) is 14.8. The van der Waals surface area contributed by atoms with Crippen LogP contribution in [0, 0.1) is 11.3 Å². The van der Waals surface area contributed by atoms with Crippen LogP contribution in [0.3, 0.4) is 0 Å². The van der Waals surface area contributed by atoms with Crippen molar-refractivity contribution in [2.75, 3.05) is 0 Å². The number of thioether (sulfide) groups is 1. The smallest absolute Gasteiger partial charge is 0.197 e. The third-order valence-corrected chi connectivity index (χ3v) is 5.30. The minimum absolute atomic E-state index is 0.193. The van der Waals surface area contributed by atoms with Gasteiger partial charge >= 0.3 is 0 Å². The first kappa shape index (κ1) is 15.9. The zero-order valence-corrected chi connectivity index (χ0v) is 14.6. The Balaban J connectivity index is 1.63. The molecule has 0 aliphatic heterocycles. The van der Waals surface area contributed by atoms with Gasteiger partial charge in [0.25, 0.3) is 0 Å². The van der Waals surface area contributed by atoms with E-state index in [0.717, 1.165) is 22.2 Å². The molecule has 0 radical (unpaired) electrons. The van der Waals surface area contributed by atoms with Gasteiger partial charge in [0.05, 0.1) is 6.07 Å². The van der Waals surface area contributed by atoms with Crippen LogP contribution in [0.4, 0.5) is 0 Å². The maximum atomic E-state index is 9.61. The molecule has 1 heterocycles. The second-order valence-corrected chi connectivity index (χ2v) is 7.38. The molecule has 1 atom stereocenters. The van der Waals surface area contributed by atoms with Gasteiger partial charge in [0.1, 0.15) is 11.1 Å². The lowest BCUT2D eigenvalue weighted by Gasteiger charge is -2.12. The summed E-state index contributed by atoms with van der Waals surface area (Å²) in [5, 5.41) is 19.1. The highest BCUT2D eigenvalue weighted by atomic mass is 32.2. The molecule has 124 valence electrons. The van der Waals surface area contributed by atoms with Crippen LogP contribution >= 0.6 is 11.8 Å². The van der Waals surface area contributed by atoms with E-state index in [1.54, 1.807) is 0 Å². The van der Waals surface area contributed by atoms with Gasteiger partial charge in [-0.05, 0) is 37.0 Å². The predicted molar refractivity (Wildman–Crippen MR) is 98.7 cm³/mol. The number of hydrogen-bond donors (Lipinski definition) is 0. The predicted octanol–water partition coefficient (Wildman–Crippen LogP) is 4.37. The number of benzene rings is 2. The third-order valence-electron chi connectivity index (χ3n) is 4.27. The number of rotatable bonds is 6. The van der Waals surface area contributed by atoms with Crippen LogP contribution in [0.1, 0.15) is 30.1 Å². The second kappa shape index (κ2) is 7.12. The molecular formula is C20H18N4S. The SMILES string of the molecule is N#C[C@@H](Cc1ccccc1)Sc1nnc(C2CC2)n1-c1ccccc1. The first-order valence-electron chi connectivity index (χ1n) is 8.46. The van der Waals surface area contributed by atoms with E-state index in [-0.39, 0.29) is 5.25 Å². The molecular weight excluding hydrogens is 328 g/mol. The molecule has 25 heavy (non-hydrogen) atoms. The molecule has 4 rings (SSSR count). The summed E-state index contributed by atoms with van der Waals surface area (Å²) in [6.07, 6.45) is 3.03. The maximum absolute atomic E-state index is 9.61. The zero-order chi connectivity index (χ0) is 17.1. The van der Waals surface area contributed by atoms with Gasteiger partial charge in [-0.2, -0.15) is 5.26 Å². The van der Waals surface area contributed by atoms with Gasteiger partial charge in [0.2, 0.25) is 0 Å². The van der Waals surface area contributed by atoms with Crippen molar-refractivity contribution in [3.8, 4) is 11.8 Å². The van der Waals surface area contributed by atoms with Gasteiger partial charge in [-0.15, -0.1) is 10.2 Å². The Morgan fingerprint density at radius 2 is 1.72 bits per heavy atom. The lowest BCUT2D eigenvalue weighted by molar-refractivity contribution is 0.826. The number of nitriles is 1. The topological polar surface area (TPSA) is 54.5 Å². The summed E-state index contributed by atoms with van der Waals surface area (Å²) in [5.74, 6) is 1.52. The van der Waals surface area contributed by atoms with E-state index >= 15 is 0 Å². The van der Waals surface area contributed by atoms with Gasteiger partial charge < -0.3 is 0 Å². The molecule has 0 N–H and O–H groups in total. The lowest BCUT2D eigenvalue weighted by Crippen LogP contribution is -2.07. The van der Waals surface area contributed by atoms with Crippen molar-refractivity contribution in [3.05, 3.63) is 72.1 Å². The summed E-state index contributed by atoms with van der Waals surface area (Å²) in [5.41, 5.74) is 2.23. The van der Waals surface area contributed by atoms with Crippen LogP contribution in [0.5, 0.6) is 0 Å². The summed E-state index contributed by atoms with van der Waals surface area (Å²) in [6.45, 7) is 0.